The van der Waals surface area contributed by atoms with Gasteiger partial charge in [-0.3, -0.25) is 9.69 Å². The fourth-order valence-electron chi connectivity index (χ4n) is 4.50. The van der Waals surface area contributed by atoms with E-state index in [0.717, 1.165) is 38.3 Å². The van der Waals surface area contributed by atoms with Gasteiger partial charge in [0.2, 0.25) is 0 Å². The lowest BCUT2D eigenvalue weighted by Crippen LogP contribution is -2.46. The van der Waals surface area contributed by atoms with Crippen molar-refractivity contribution >= 4 is 23.2 Å². The van der Waals surface area contributed by atoms with E-state index in [2.05, 4.69) is 15.1 Å². The Morgan fingerprint density at radius 1 is 1.30 bits per heavy atom. The summed E-state index contributed by atoms with van der Waals surface area (Å²) < 4.78 is 5.81. The lowest BCUT2D eigenvalue weighted by molar-refractivity contribution is -0.0566. The van der Waals surface area contributed by atoms with Crippen LogP contribution in [0.4, 0.5) is 5.69 Å². The number of hydrogen-bond donors (Lipinski definition) is 2. The minimum absolute atomic E-state index is 0.0671. The Morgan fingerprint density at radius 2 is 2.11 bits per heavy atom. The molecule has 0 aromatic heterocycles. The molecule has 0 spiro atoms. The molecule has 27 heavy (non-hydrogen) atoms. The van der Waals surface area contributed by atoms with E-state index in [9.17, 15) is 4.79 Å². The fraction of sp³-hybridized carbons (Fsp3) is 0.650. The first kappa shape index (κ1) is 19.0. The zero-order chi connectivity index (χ0) is 18.8. The first-order chi connectivity index (χ1) is 13.1. The van der Waals surface area contributed by atoms with Crippen molar-refractivity contribution in [2.45, 2.75) is 43.9 Å². The predicted molar refractivity (Wildman–Crippen MR) is 106 cm³/mol. The summed E-state index contributed by atoms with van der Waals surface area (Å²) in [4.78, 5) is 17.3. The highest BCUT2D eigenvalue weighted by atomic mass is 35.5. The number of ether oxygens (including phenoxy) is 1. The molecule has 1 aromatic rings. The van der Waals surface area contributed by atoms with E-state index >= 15 is 0 Å². The van der Waals surface area contributed by atoms with Crippen molar-refractivity contribution in [3.63, 3.8) is 0 Å². The summed E-state index contributed by atoms with van der Waals surface area (Å²) in [5, 5.41) is 12.9. The van der Waals surface area contributed by atoms with Crippen molar-refractivity contribution < 1.29 is 14.6 Å². The van der Waals surface area contributed by atoms with Crippen molar-refractivity contribution in [1.29, 1.82) is 0 Å². The van der Waals surface area contributed by atoms with Crippen LogP contribution in [0.5, 0.6) is 0 Å². The number of halogens is 1. The molecule has 0 saturated carbocycles. The molecular formula is C20H28ClN3O3. The molecule has 0 aliphatic carbocycles. The third-order valence-corrected chi connectivity index (χ3v) is 6.24. The lowest BCUT2D eigenvalue weighted by Gasteiger charge is -2.34. The molecule has 0 unspecified atom stereocenters. The summed E-state index contributed by atoms with van der Waals surface area (Å²) in [6, 6.07) is 6.10. The van der Waals surface area contributed by atoms with Gasteiger partial charge in [-0.2, -0.15) is 0 Å². The molecule has 1 amide bonds. The van der Waals surface area contributed by atoms with Crippen LogP contribution in [-0.2, 0) is 4.74 Å². The first-order valence-corrected chi connectivity index (χ1v) is 10.3. The Hall–Kier alpha value is -1.34. The number of hydrogen-bond acceptors (Lipinski definition) is 5. The molecule has 3 aliphatic heterocycles. The van der Waals surface area contributed by atoms with Crippen LogP contribution in [0.2, 0.25) is 5.02 Å². The topological polar surface area (TPSA) is 65.0 Å². The van der Waals surface area contributed by atoms with Crippen LogP contribution in [0.3, 0.4) is 0 Å². The molecule has 3 aliphatic rings. The zero-order valence-electron chi connectivity index (χ0n) is 15.6. The number of aliphatic hydroxyl groups excluding tert-OH is 1. The Kier molecular flexibility index (Phi) is 5.88. The van der Waals surface area contributed by atoms with Crippen molar-refractivity contribution in [3.05, 3.63) is 28.8 Å². The normalized spacial score (nSPS) is 28.4. The van der Waals surface area contributed by atoms with Gasteiger partial charge in [0, 0.05) is 50.4 Å². The molecule has 0 bridgehead atoms. The second-order valence-corrected chi connectivity index (χ2v) is 8.25. The average Bonchev–Trinajstić information content (AvgIpc) is 3.31. The molecule has 6 nitrogen and oxygen atoms in total. The quantitative estimate of drug-likeness (QED) is 0.799. The van der Waals surface area contributed by atoms with Crippen LogP contribution in [0.1, 0.15) is 36.0 Å². The number of carbonyl (C=O) groups is 1. The van der Waals surface area contributed by atoms with Gasteiger partial charge in [0.1, 0.15) is 0 Å². The van der Waals surface area contributed by atoms with Crippen LogP contribution < -0.4 is 10.2 Å². The van der Waals surface area contributed by atoms with E-state index in [1.54, 1.807) is 6.07 Å². The third kappa shape index (κ3) is 4.24. The van der Waals surface area contributed by atoms with E-state index in [1.807, 2.05) is 12.1 Å². The van der Waals surface area contributed by atoms with Crippen LogP contribution >= 0.6 is 11.6 Å². The summed E-state index contributed by atoms with van der Waals surface area (Å²) in [5.74, 6) is -0.0671. The number of benzene rings is 1. The number of carbonyl (C=O) groups excluding carboxylic acids is 1. The van der Waals surface area contributed by atoms with E-state index < -0.39 is 0 Å². The van der Waals surface area contributed by atoms with Crippen molar-refractivity contribution in [2.24, 2.45) is 0 Å². The van der Waals surface area contributed by atoms with Gasteiger partial charge in [0.05, 0.1) is 23.4 Å². The molecule has 2 N–H and O–H groups in total. The van der Waals surface area contributed by atoms with Crippen molar-refractivity contribution in [2.75, 3.05) is 44.3 Å². The molecule has 1 aromatic carbocycles. The zero-order valence-corrected chi connectivity index (χ0v) is 16.3. The maximum Gasteiger partial charge on any atom is 0.251 e. The first-order valence-electron chi connectivity index (χ1n) is 9.96. The summed E-state index contributed by atoms with van der Waals surface area (Å²) in [6.45, 7) is 4.55. The second kappa shape index (κ2) is 8.35. The maximum atomic E-state index is 12.7. The van der Waals surface area contributed by atoms with E-state index in [4.69, 9.17) is 21.4 Å². The van der Waals surface area contributed by atoms with Gasteiger partial charge in [-0.15, -0.1) is 0 Å². The fourth-order valence-corrected chi connectivity index (χ4v) is 4.80. The Morgan fingerprint density at radius 3 is 2.85 bits per heavy atom. The predicted octanol–water partition coefficient (Wildman–Crippen LogP) is 1.89. The van der Waals surface area contributed by atoms with E-state index in [-0.39, 0.29) is 24.7 Å². The second-order valence-electron chi connectivity index (χ2n) is 7.84. The minimum atomic E-state index is -0.0671. The molecule has 0 radical (unpaired) electrons. The van der Waals surface area contributed by atoms with Crippen LogP contribution in [0, 0.1) is 0 Å². The summed E-state index contributed by atoms with van der Waals surface area (Å²) in [6.07, 6.45) is 4.05. The van der Waals surface area contributed by atoms with Gasteiger partial charge < -0.3 is 20.1 Å². The number of morpholine rings is 1. The van der Waals surface area contributed by atoms with Gasteiger partial charge in [0.25, 0.3) is 5.91 Å². The van der Waals surface area contributed by atoms with Crippen molar-refractivity contribution in [3.8, 4) is 0 Å². The minimum Gasteiger partial charge on any atom is -0.396 e. The number of nitrogens with zero attached hydrogens (tertiary/aromatic N) is 2. The Labute approximate surface area is 165 Å². The summed E-state index contributed by atoms with van der Waals surface area (Å²) in [5.41, 5.74) is 1.64. The Bertz CT molecular complexity index is 680. The molecule has 3 atom stereocenters. The number of rotatable bonds is 5. The number of amides is 1. The van der Waals surface area contributed by atoms with E-state index in [0.29, 0.717) is 29.7 Å². The summed E-state index contributed by atoms with van der Waals surface area (Å²) >= 11 is 6.45. The number of anilines is 1. The smallest absolute Gasteiger partial charge is 0.251 e. The average molecular weight is 394 g/mol. The molecule has 3 heterocycles. The highest BCUT2D eigenvalue weighted by Gasteiger charge is 2.37. The van der Waals surface area contributed by atoms with Crippen LogP contribution in [0.15, 0.2) is 18.2 Å². The molecular weight excluding hydrogens is 366 g/mol. The molecule has 7 heteroatoms. The maximum absolute atomic E-state index is 12.7. The van der Waals surface area contributed by atoms with Gasteiger partial charge in [0.15, 0.2) is 0 Å². The highest BCUT2D eigenvalue weighted by molar-refractivity contribution is 6.33. The van der Waals surface area contributed by atoms with Crippen molar-refractivity contribution in [1.82, 2.24) is 10.2 Å². The summed E-state index contributed by atoms with van der Waals surface area (Å²) in [7, 11) is 0. The van der Waals surface area contributed by atoms with E-state index in [1.165, 1.54) is 12.8 Å². The Balaban J connectivity index is 1.35. The third-order valence-electron chi connectivity index (χ3n) is 5.93. The number of aliphatic hydroxyl groups is 1. The van der Waals surface area contributed by atoms with Crippen LogP contribution in [-0.4, -0.2) is 73.5 Å². The number of fused-ring (bicyclic) bond motifs is 1. The molecule has 3 fully saturated rings. The molecule has 4 rings (SSSR count). The van der Waals surface area contributed by atoms with Gasteiger partial charge in [-0.25, -0.2) is 0 Å². The van der Waals surface area contributed by atoms with Crippen LogP contribution in [0.25, 0.3) is 0 Å². The SMILES string of the molecule is O=C(N[C@@H]1C[C@H]2CO[C@@H](CCO)CN2C1)c1ccc(N2CCCC2)c(Cl)c1. The lowest BCUT2D eigenvalue weighted by atomic mass is 10.1. The largest absolute Gasteiger partial charge is 0.396 e. The highest BCUT2D eigenvalue weighted by Crippen LogP contribution is 2.30. The number of nitrogens with one attached hydrogen (secondary N) is 1. The van der Waals surface area contributed by atoms with Gasteiger partial charge >= 0.3 is 0 Å². The van der Waals surface area contributed by atoms with Gasteiger partial charge in [-0.1, -0.05) is 11.6 Å². The van der Waals surface area contributed by atoms with Gasteiger partial charge in [-0.05, 0) is 43.9 Å². The molecule has 148 valence electrons. The monoisotopic (exact) mass is 393 g/mol. The standard InChI is InChI=1S/C20H28ClN3O3/c21-18-9-14(3-4-19(18)23-6-1-2-7-23)20(26)22-15-10-16-13-27-17(5-8-25)12-24(16)11-15/h3-4,9,15-17,25H,1-2,5-8,10-13H2,(H,22,26)/t15-,16+,17+/m1/s1. The molecule has 3 saturated heterocycles.